The molecule has 2 unspecified atom stereocenters. The molecule has 0 spiro atoms. The maximum absolute atomic E-state index is 6.00. The molecule has 3 heteroatoms. The quantitative estimate of drug-likeness (QED) is 0.896. The Hall–Kier alpha value is -1.06. The first-order chi connectivity index (χ1) is 9.52. The minimum Gasteiger partial charge on any atom is -0.496 e. The Balaban J connectivity index is 2.20. The minimum atomic E-state index is 0.0686. The molecule has 0 radical (unpaired) electrons. The SMILES string of the molecule is COc1ccc(C(C)N)cc1CN1CCCC1C(C)C. The van der Waals surface area contributed by atoms with Crippen LogP contribution in [0.15, 0.2) is 18.2 Å². The van der Waals surface area contributed by atoms with Crippen LogP contribution >= 0.6 is 0 Å². The summed E-state index contributed by atoms with van der Waals surface area (Å²) in [6, 6.07) is 7.09. The van der Waals surface area contributed by atoms with Crippen LogP contribution in [0.2, 0.25) is 0 Å². The van der Waals surface area contributed by atoms with Crippen molar-refractivity contribution in [2.24, 2.45) is 11.7 Å². The molecular weight excluding hydrogens is 248 g/mol. The fourth-order valence-electron chi connectivity index (χ4n) is 3.23. The zero-order valence-corrected chi connectivity index (χ0v) is 13.2. The Morgan fingerprint density at radius 3 is 2.70 bits per heavy atom. The molecule has 1 aliphatic rings. The van der Waals surface area contributed by atoms with Crippen LogP contribution in [-0.2, 0) is 6.54 Å². The van der Waals surface area contributed by atoms with Gasteiger partial charge in [-0.2, -0.15) is 0 Å². The van der Waals surface area contributed by atoms with E-state index in [9.17, 15) is 0 Å². The molecule has 0 aliphatic carbocycles. The van der Waals surface area contributed by atoms with Crippen molar-refractivity contribution in [1.82, 2.24) is 4.90 Å². The van der Waals surface area contributed by atoms with Crippen molar-refractivity contribution in [3.63, 3.8) is 0 Å². The van der Waals surface area contributed by atoms with Crippen molar-refractivity contribution in [2.45, 2.75) is 52.2 Å². The number of hydrogen-bond acceptors (Lipinski definition) is 3. The molecule has 20 heavy (non-hydrogen) atoms. The summed E-state index contributed by atoms with van der Waals surface area (Å²) in [5, 5.41) is 0. The number of ether oxygens (including phenoxy) is 1. The minimum absolute atomic E-state index is 0.0686. The highest BCUT2D eigenvalue weighted by Gasteiger charge is 2.27. The lowest BCUT2D eigenvalue weighted by molar-refractivity contribution is 0.196. The lowest BCUT2D eigenvalue weighted by atomic mass is 10.0. The maximum atomic E-state index is 6.00. The van der Waals surface area contributed by atoms with Gasteiger partial charge in [-0.05, 0) is 49.9 Å². The fraction of sp³-hybridized carbons (Fsp3) is 0.647. The zero-order chi connectivity index (χ0) is 14.7. The van der Waals surface area contributed by atoms with Crippen LogP contribution in [0.25, 0.3) is 0 Å². The third-order valence-electron chi connectivity index (χ3n) is 4.39. The molecule has 2 rings (SSSR count). The smallest absolute Gasteiger partial charge is 0.123 e. The first-order valence-electron chi connectivity index (χ1n) is 7.69. The van der Waals surface area contributed by atoms with Crippen LogP contribution in [0.4, 0.5) is 0 Å². The number of hydrogen-bond donors (Lipinski definition) is 1. The molecule has 1 aliphatic heterocycles. The van der Waals surface area contributed by atoms with E-state index in [2.05, 4.69) is 36.9 Å². The summed E-state index contributed by atoms with van der Waals surface area (Å²) in [5.74, 6) is 1.68. The van der Waals surface area contributed by atoms with Crippen LogP contribution in [0.3, 0.4) is 0 Å². The Morgan fingerprint density at radius 2 is 2.10 bits per heavy atom. The van der Waals surface area contributed by atoms with Gasteiger partial charge in [0.1, 0.15) is 5.75 Å². The molecule has 1 aromatic carbocycles. The largest absolute Gasteiger partial charge is 0.496 e. The number of nitrogens with zero attached hydrogens (tertiary/aromatic N) is 1. The van der Waals surface area contributed by atoms with Gasteiger partial charge in [0.15, 0.2) is 0 Å². The fourth-order valence-corrected chi connectivity index (χ4v) is 3.23. The molecule has 2 atom stereocenters. The second-order valence-corrected chi connectivity index (χ2v) is 6.28. The summed E-state index contributed by atoms with van der Waals surface area (Å²) in [4.78, 5) is 2.59. The predicted molar refractivity (Wildman–Crippen MR) is 83.9 cm³/mol. The molecule has 1 aromatic rings. The van der Waals surface area contributed by atoms with E-state index in [1.807, 2.05) is 6.92 Å². The lowest BCUT2D eigenvalue weighted by Crippen LogP contribution is -2.33. The first-order valence-corrected chi connectivity index (χ1v) is 7.69. The maximum Gasteiger partial charge on any atom is 0.123 e. The Bertz CT molecular complexity index is 443. The van der Waals surface area contributed by atoms with E-state index in [4.69, 9.17) is 10.5 Å². The van der Waals surface area contributed by atoms with E-state index >= 15 is 0 Å². The van der Waals surface area contributed by atoms with E-state index in [1.165, 1.54) is 30.5 Å². The molecule has 3 nitrogen and oxygen atoms in total. The average molecular weight is 276 g/mol. The molecule has 0 saturated carbocycles. The van der Waals surface area contributed by atoms with Gasteiger partial charge in [0.2, 0.25) is 0 Å². The summed E-state index contributed by atoms with van der Waals surface area (Å²) in [5.41, 5.74) is 8.44. The summed E-state index contributed by atoms with van der Waals surface area (Å²) in [6.07, 6.45) is 2.62. The van der Waals surface area contributed by atoms with E-state index in [-0.39, 0.29) is 6.04 Å². The van der Waals surface area contributed by atoms with Gasteiger partial charge in [-0.15, -0.1) is 0 Å². The Labute approximate surface area is 123 Å². The topological polar surface area (TPSA) is 38.5 Å². The summed E-state index contributed by atoms with van der Waals surface area (Å²) >= 11 is 0. The van der Waals surface area contributed by atoms with E-state index in [0.29, 0.717) is 12.0 Å². The van der Waals surface area contributed by atoms with Crippen LogP contribution in [0.1, 0.15) is 50.8 Å². The third-order valence-corrected chi connectivity index (χ3v) is 4.39. The number of benzene rings is 1. The van der Waals surface area contributed by atoms with Gasteiger partial charge >= 0.3 is 0 Å². The zero-order valence-electron chi connectivity index (χ0n) is 13.2. The van der Waals surface area contributed by atoms with Crippen LogP contribution < -0.4 is 10.5 Å². The van der Waals surface area contributed by atoms with Crippen molar-refractivity contribution in [1.29, 1.82) is 0 Å². The molecule has 2 N–H and O–H groups in total. The van der Waals surface area contributed by atoms with Crippen molar-refractivity contribution >= 4 is 0 Å². The van der Waals surface area contributed by atoms with Gasteiger partial charge in [-0.25, -0.2) is 0 Å². The summed E-state index contributed by atoms with van der Waals surface area (Å²) in [6.45, 7) is 8.82. The molecular formula is C17H28N2O. The van der Waals surface area contributed by atoms with Gasteiger partial charge in [-0.3, -0.25) is 4.90 Å². The highest BCUT2D eigenvalue weighted by Crippen LogP contribution is 2.29. The second kappa shape index (κ2) is 6.59. The van der Waals surface area contributed by atoms with Crippen molar-refractivity contribution in [3.05, 3.63) is 29.3 Å². The number of likely N-dealkylation sites (tertiary alicyclic amines) is 1. The van der Waals surface area contributed by atoms with Gasteiger partial charge in [0, 0.05) is 24.2 Å². The standard InChI is InChI=1S/C17H28N2O/c1-12(2)16-6-5-9-19(16)11-15-10-14(13(3)18)7-8-17(15)20-4/h7-8,10,12-13,16H,5-6,9,11,18H2,1-4H3. The normalized spacial score (nSPS) is 21.4. The molecule has 0 bridgehead atoms. The van der Waals surface area contributed by atoms with Gasteiger partial charge in [0.05, 0.1) is 7.11 Å². The number of rotatable bonds is 5. The van der Waals surface area contributed by atoms with Crippen molar-refractivity contribution in [2.75, 3.05) is 13.7 Å². The first kappa shape index (κ1) is 15.3. The average Bonchev–Trinajstić information content (AvgIpc) is 2.87. The molecule has 112 valence electrons. The Kier molecular flexibility index (Phi) is 5.06. The summed E-state index contributed by atoms with van der Waals surface area (Å²) < 4.78 is 5.52. The van der Waals surface area contributed by atoms with E-state index < -0.39 is 0 Å². The highest BCUT2D eigenvalue weighted by molar-refractivity contribution is 5.38. The van der Waals surface area contributed by atoms with Crippen LogP contribution in [-0.4, -0.2) is 24.6 Å². The molecule has 0 aromatic heterocycles. The molecule has 1 heterocycles. The monoisotopic (exact) mass is 276 g/mol. The van der Waals surface area contributed by atoms with Crippen LogP contribution in [0, 0.1) is 5.92 Å². The van der Waals surface area contributed by atoms with Gasteiger partial charge < -0.3 is 10.5 Å². The molecule has 0 amide bonds. The number of nitrogens with two attached hydrogens (primary N) is 1. The van der Waals surface area contributed by atoms with Crippen molar-refractivity contribution < 1.29 is 4.74 Å². The van der Waals surface area contributed by atoms with Gasteiger partial charge in [0.25, 0.3) is 0 Å². The van der Waals surface area contributed by atoms with Gasteiger partial charge in [-0.1, -0.05) is 19.9 Å². The molecule has 1 fully saturated rings. The molecule has 1 saturated heterocycles. The van der Waals surface area contributed by atoms with E-state index in [1.54, 1.807) is 7.11 Å². The number of methoxy groups -OCH3 is 1. The lowest BCUT2D eigenvalue weighted by Gasteiger charge is -2.28. The third kappa shape index (κ3) is 3.33. The predicted octanol–water partition coefficient (Wildman–Crippen LogP) is 3.34. The highest BCUT2D eigenvalue weighted by atomic mass is 16.5. The summed E-state index contributed by atoms with van der Waals surface area (Å²) in [7, 11) is 1.74. The second-order valence-electron chi connectivity index (χ2n) is 6.28. The van der Waals surface area contributed by atoms with Crippen LogP contribution in [0.5, 0.6) is 5.75 Å². The van der Waals surface area contributed by atoms with Crippen molar-refractivity contribution in [3.8, 4) is 5.75 Å². The van der Waals surface area contributed by atoms with E-state index in [0.717, 1.165) is 12.3 Å². The Morgan fingerprint density at radius 1 is 1.35 bits per heavy atom.